The van der Waals surface area contributed by atoms with Crippen molar-refractivity contribution in [2.75, 3.05) is 6.54 Å². The second-order valence-corrected chi connectivity index (χ2v) is 7.67. The molecule has 2 aliphatic rings. The van der Waals surface area contributed by atoms with Crippen LogP contribution in [0.25, 0.3) is 11.4 Å². The van der Waals surface area contributed by atoms with Crippen molar-refractivity contribution in [3.05, 3.63) is 48.1 Å². The van der Waals surface area contributed by atoms with E-state index in [-0.39, 0.29) is 6.04 Å². The van der Waals surface area contributed by atoms with E-state index in [0.717, 1.165) is 36.7 Å². The van der Waals surface area contributed by atoms with E-state index in [0.29, 0.717) is 11.7 Å². The number of nitrogens with one attached hydrogen (secondary N) is 1. The summed E-state index contributed by atoms with van der Waals surface area (Å²) in [5, 5.41) is 4.22. The number of rotatable bonds is 4. The van der Waals surface area contributed by atoms with Crippen molar-refractivity contribution in [1.29, 1.82) is 0 Å². The summed E-state index contributed by atoms with van der Waals surface area (Å²) in [4.78, 5) is 19.1. The van der Waals surface area contributed by atoms with Gasteiger partial charge in [-0.25, -0.2) is 4.98 Å². The van der Waals surface area contributed by atoms with Gasteiger partial charge in [0.2, 0.25) is 11.7 Å². The maximum absolute atomic E-state index is 5.71. The summed E-state index contributed by atoms with van der Waals surface area (Å²) in [6, 6.07) is 3.90. The first-order chi connectivity index (χ1) is 13.4. The van der Waals surface area contributed by atoms with Crippen LogP contribution in [0, 0.1) is 5.92 Å². The van der Waals surface area contributed by atoms with Crippen molar-refractivity contribution in [2.45, 2.75) is 51.1 Å². The molecule has 0 bridgehead atoms. The lowest BCUT2D eigenvalue weighted by Crippen LogP contribution is -2.38. The minimum atomic E-state index is 0.0887. The molecule has 5 rings (SSSR count). The molecule has 4 heterocycles. The van der Waals surface area contributed by atoms with Crippen molar-refractivity contribution >= 4 is 0 Å². The Labute approximate surface area is 158 Å². The standard InChI is InChI=1S/C20H24N6O/c1-2-4-14(5-3-1)11-26-12-17-16(22-13-23-17)10-18(26)20-24-19(25-27-20)15-6-8-21-9-7-15/h6-9,13-14,18H,1-5,10-12H2,(H,22,23)/t18-/m0/s1. The molecule has 1 aliphatic heterocycles. The monoisotopic (exact) mass is 364 g/mol. The van der Waals surface area contributed by atoms with Crippen LogP contribution in [0.5, 0.6) is 0 Å². The van der Waals surface area contributed by atoms with Gasteiger partial charge in [0, 0.05) is 37.5 Å². The Morgan fingerprint density at radius 1 is 1.15 bits per heavy atom. The van der Waals surface area contributed by atoms with Gasteiger partial charge in [-0.3, -0.25) is 9.88 Å². The molecule has 0 radical (unpaired) electrons. The Morgan fingerprint density at radius 3 is 2.85 bits per heavy atom. The van der Waals surface area contributed by atoms with Gasteiger partial charge < -0.3 is 9.51 Å². The molecule has 1 N–H and O–H groups in total. The average molecular weight is 364 g/mol. The molecule has 1 aliphatic carbocycles. The van der Waals surface area contributed by atoms with Crippen molar-refractivity contribution in [2.24, 2.45) is 5.92 Å². The van der Waals surface area contributed by atoms with Gasteiger partial charge in [-0.2, -0.15) is 4.98 Å². The SMILES string of the molecule is c1cc(-c2noc([C@@H]3Cc4nc[nH]c4CN3CC3CCCCC3)n2)ccn1. The molecule has 1 atom stereocenters. The molecule has 0 amide bonds. The number of fused-ring (bicyclic) bond motifs is 1. The van der Waals surface area contributed by atoms with Crippen LogP contribution in [0.1, 0.15) is 55.4 Å². The summed E-state index contributed by atoms with van der Waals surface area (Å²) in [6.07, 6.45) is 12.8. The summed E-state index contributed by atoms with van der Waals surface area (Å²) < 4.78 is 5.71. The predicted octanol–water partition coefficient (Wildman–Crippen LogP) is 3.53. The van der Waals surface area contributed by atoms with Gasteiger partial charge in [-0.15, -0.1) is 0 Å². The van der Waals surface area contributed by atoms with E-state index >= 15 is 0 Å². The summed E-state index contributed by atoms with van der Waals surface area (Å²) >= 11 is 0. The topological polar surface area (TPSA) is 83.7 Å². The first-order valence-electron chi connectivity index (χ1n) is 9.86. The van der Waals surface area contributed by atoms with Crippen molar-refractivity contribution < 1.29 is 4.52 Å². The van der Waals surface area contributed by atoms with E-state index in [1.165, 1.54) is 37.8 Å². The third-order valence-corrected chi connectivity index (χ3v) is 5.88. The first kappa shape index (κ1) is 16.6. The predicted molar refractivity (Wildman–Crippen MR) is 99.5 cm³/mol. The third kappa shape index (κ3) is 3.39. The van der Waals surface area contributed by atoms with Crippen LogP contribution in [0.15, 0.2) is 35.4 Å². The number of aromatic nitrogens is 5. The van der Waals surface area contributed by atoms with Gasteiger partial charge in [0.25, 0.3) is 0 Å². The fourth-order valence-electron chi connectivity index (χ4n) is 4.41. The number of imidazole rings is 1. The molecule has 3 aromatic heterocycles. The van der Waals surface area contributed by atoms with Crippen molar-refractivity contribution in [1.82, 2.24) is 30.0 Å². The average Bonchev–Trinajstić information content (AvgIpc) is 3.38. The van der Waals surface area contributed by atoms with E-state index in [9.17, 15) is 0 Å². The van der Waals surface area contributed by atoms with E-state index in [2.05, 4.69) is 25.0 Å². The highest BCUT2D eigenvalue weighted by atomic mass is 16.5. The number of aromatic amines is 1. The maximum Gasteiger partial charge on any atom is 0.244 e. The fraction of sp³-hybridized carbons (Fsp3) is 0.500. The normalized spacial score (nSPS) is 21.3. The van der Waals surface area contributed by atoms with Crippen LogP contribution in [0.4, 0.5) is 0 Å². The summed E-state index contributed by atoms with van der Waals surface area (Å²) in [5.41, 5.74) is 3.26. The van der Waals surface area contributed by atoms with Crippen LogP contribution in [0.2, 0.25) is 0 Å². The molecule has 0 saturated heterocycles. The van der Waals surface area contributed by atoms with E-state index in [1.807, 2.05) is 12.1 Å². The zero-order valence-electron chi connectivity index (χ0n) is 15.3. The van der Waals surface area contributed by atoms with Gasteiger partial charge in [-0.05, 0) is 30.9 Å². The Kier molecular flexibility index (Phi) is 4.45. The van der Waals surface area contributed by atoms with Crippen molar-refractivity contribution in [3.63, 3.8) is 0 Å². The molecule has 0 unspecified atom stereocenters. The molecule has 140 valence electrons. The van der Waals surface area contributed by atoms with Crippen LogP contribution < -0.4 is 0 Å². The van der Waals surface area contributed by atoms with Gasteiger partial charge >= 0.3 is 0 Å². The van der Waals surface area contributed by atoms with E-state index in [1.54, 1.807) is 18.7 Å². The summed E-state index contributed by atoms with van der Waals surface area (Å²) in [5.74, 6) is 2.07. The van der Waals surface area contributed by atoms with Gasteiger partial charge in [-0.1, -0.05) is 24.4 Å². The van der Waals surface area contributed by atoms with Crippen LogP contribution >= 0.6 is 0 Å². The highest BCUT2D eigenvalue weighted by molar-refractivity contribution is 5.52. The molecular formula is C20H24N6O. The summed E-state index contributed by atoms with van der Waals surface area (Å²) in [6.45, 7) is 1.94. The lowest BCUT2D eigenvalue weighted by molar-refractivity contribution is 0.104. The Bertz CT molecular complexity index is 883. The molecule has 1 saturated carbocycles. The molecule has 7 nitrogen and oxygen atoms in total. The smallest absolute Gasteiger partial charge is 0.244 e. The van der Waals surface area contributed by atoms with E-state index in [4.69, 9.17) is 9.51 Å². The highest BCUT2D eigenvalue weighted by Gasteiger charge is 2.34. The lowest BCUT2D eigenvalue weighted by atomic mass is 9.88. The lowest BCUT2D eigenvalue weighted by Gasteiger charge is -2.36. The van der Waals surface area contributed by atoms with Crippen LogP contribution in [-0.2, 0) is 13.0 Å². The van der Waals surface area contributed by atoms with Crippen LogP contribution in [0.3, 0.4) is 0 Å². The minimum Gasteiger partial charge on any atom is -0.347 e. The maximum atomic E-state index is 5.71. The fourth-order valence-corrected chi connectivity index (χ4v) is 4.41. The summed E-state index contributed by atoms with van der Waals surface area (Å²) in [7, 11) is 0. The number of H-pyrrole nitrogens is 1. The minimum absolute atomic E-state index is 0.0887. The van der Waals surface area contributed by atoms with Gasteiger partial charge in [0.05, 0.1) is 23.8 Å². The molecule has 0 spiro atoms. The molecule has 0 aromatic carbocycles. The highest BCUT2D eigenvalue weighted by Crippen LogP contribution is 2.34. The largest absolute Gasteiger partial charge is 0.347 e. The molecule has 1 fully saturated rings. The molecule has 7 heteroatoms. The third-order valence-electron chi connectivity index (χ3n) is 5.88. The number of hydrogen-bond acceptors (Lipinski definition) is 6. The van der Waals surface area contributed by atoms with E-state index < -0.39 is 0 Å². The quantitative estimate of drug-likeness (QED) is 0.762. The van der Waals surface area contributed by atoms with Gasteiger partial charge in [0.15, 0.2) is 0 Å². The molecule has 3 aromatic rings. The Morgan fingerprint density at radius 2 is 2.00 bits per heavy atom. The second-order valence-electron chi connectivity index (χ2n) is 7.67. The Hall–Kier alpha value is -2.54. The second kappa shape index (κ2) is 7.23. The number of hydrogen-bond donors (Lipinski definition) is 1. The zero-order chi connectivity index (χ0) is 18.1. The van der Waals surface area contributed by atoms with Crippen LogP contribution in [-0.4, -0.2) is 36.5 Å². The Balaban J connectivity index is 1.42. The zero-order valence-corrected chi connectivity index (χ0v) is 15.3. The number of pyridine rings is 1. The first-order valence-corrected chi connectivity index (χ1v) is 9.86. The molecular weight excluding hydrogens is 340 g/mol. The molecule has 27 heavy (non-hydrogen) atoms. The number of nitrogens with zero attached hydrogens (tertiary/aromatic N) is 5. The van der Waals surface area contributed by atoms with Gasteiger partial charge in [0.1, 0.15) is 0 Å². The van der Waals surface area contributed by atoms with Crippen molar-refractivity contribution in [3.8, 4) is 11.4 Å².